The minimum Gasteiger partial charge on any atom is -0.507 e. The lowest BCUT2D eigenvalue weighted by atomic mass is 10.0. The largest absolute Gasteiger partial charge is 0.507 e. The first-order valence-corrected chi connectivity index (χ1v) is 7.37. The minimum absolute atomic E-state index is 0.475. The lowest BCUT2D eigenvalue weighted by Gasteiger charge is -2.10. The normalized spacial score (nSPS) is 10.8. The SMILES string of the molecule is CCc1cc([NH2+]Cc2ccc(C)cc2)cc(CC)c1O. The van der Waals surface area contributed by atoms with Gasteiger partial charge in [0, 0.05) is 17.7 Å². The molecule has 2 heteroatoms. The molecule has 0 aliphatic heterocycles. The van der Waals surface area contributed by atoms with Crippen LogP contribution in [0, 0.1) is 6.92 Å². The van der Waals surface area contributed by atoms with E-state index in [0.717, 1.165) is 30.5 Å². The average Bonchev–Trinajstić information content (AvgIpc) is 2.47. The molecule has 3 N–H and O–H groups in total. The Bertz CT molecular complexity index is 547. The molecule has 2 nitrogen and oxygen atoms in total. The lowest BCUT2D eigenvalue weighted by Crippen LogP contribution is -2.76. The van der Waals surface area contributed by atoms with Gasteiger partial charge in [-0.15, -0.1) is 0 Å². The van der Waals surface area contributed by atoms with Crippen LogP contribution in [0.5, 0.6) is 5.75 Å². The van der Waals surface area contributed by atoms with Gasteiger partial charge >= 0.3 is 0 Å². The van der Waals surface area contributed by atoms with E-state index in [1.165, 1.54) is 16.8 Å². The maximum Gasteiger partial charge on any atom is 0.130 e. The number of benzene rings is 2. The highest BCUT2D eigenvalue weighted by Crippen LogP contribution is 2.26. The van der Waals surface area contributed by atoms with Gasteiger partial charge in [-0.1, -0.05) is 43.7 Å². The number of phenolic OH excluding ortho intramolecular Hbond substituents is 1. The highest BCUT2D eigenvalue weighted by molar-refractivity contribution is 5.49. The lowest BCUT2D eigenvalue weighted by molar-refractivity contribution is -0.588. The topological polar surface area (TPSA) is 36.8 Å². The van der Waals surface area contributed by atoms with Crippen molar-refractivity contribution in [1.82, 2.24) is 0 Å². The summed E-state index contributed by atoms with van der Waals surface area (Å²) in [5.74, 6) is 0.475. The van der Waals surface area contributed by atoms with Crippen molar-refractivity contribution in [3.8, 4) is 5.75 Å². The van der Waals surface area contributed by atoms with E-state index in [1.807, 2.05) is 0 Å². The Hall–Kier alpha value is -1.80. The summed E-state index contributed by atoms with van der Waals surface area (Å²) in [6.07, 6.45) is 1.73. The van der Waals surface area contributed by atoms with Crippen LogP contribution in [0.2, 0.25) is 0 Å². The summed E-state index contributed by atoms with van der Waals surface area (Å²) >= 11 is 0. The van der Waals surface area contributed by atoms with Crippen LogP contribution in [-0.4, -0.2) is 5.11 Å². The van der Waals surface area contributed by atoms with Crippen molar-refractivity contribution in [2.75, 3.05) is 0 Å². The summed E-state index contributed by atoms with van der Waals surface area (Å²) < 4.78 is 0. The number of aromatic hydroxyl groups is 1. The Morgan fingerprint density at radius 2 is 1.50 bits per heavy atom. The quantitative estimate of drug-likeness (QED) is 0.635. The fourth-order valence-corrected chi connectivity index (χ4v) is 2.40. The predicted molar refractivity (Wildman–Crippen MR) is 83.3 cm³/mol. The Morgan fingerprint density at radius 1 is 0.950 bits per heavy atom. The van der Waals surface area contributed by atoms with Gasteiger partial charge in [0.15, 0.2) is 0 Å². The summed E-state index contributed by atoms with van der Waals surface area (Å²) in [5, 5.41) is 12.4. The molecule has 0 bridgehead atoms. The fraction of sp³-hybridized carbons (Fsp3) is 0.333. The summed E-state index contributed by atoms with van der Waals surface area (Å²) in [6.45, 7) is 7.20. The third-order valence-corrected chi connectivity index (χ3v) is 3.75. The molecule has 2 aromatic carbocycles. The van der Waals surface area contributed by atoms with Crippen molar-refractivity contribution in [2.45, 2.75) is 40.2 Å². The second-order valence-corrected chi connectivity index (χ2v) is 5.29. The van der Waals surface area contributed by atoms with Crippen molar-refractivity contribution >= 4 is 5.69 Å². The highest BCUT2D eigenvalue weighted by Gasteiger charge is 2.09. The second kappa shape index (κ2) is 6.58. The van der Waals surface area contributed by atoms with Crippen molar-refractivity contribution in [3.05, 3.63) is 58.7 Å². The predicted octanol–water partition coefficient (Wildman–Crippen LogP) is 3.22. The number of hydrogen-bond donors (Lipinski definition) is 2. The van der Waals surface area contributed by atoms with Gasteiger partial charge in [0.2, 0.25) is 0 Å². The Balaban J connectivity index is 2.14. The van der Waals surface area contributed by atoms with Crippen LogP contribution >= 0.6 is 0 Å². The van der Waals surface area contributed by atoms with Crippen LogP contribution in [0.25, 0.3) is 0 Å². The molecule has 2 aromatic rings. The van der Waals surface area contributed by atoms with Gasteiger partial charge in [-0.3, -0.25) is 0 Å². The molecule has 0 heterocycles. The molecule has 0 spiro atoms. The van der Waals surface area contributed by atoms with Crippen molar-refractivity contribution < 1.29 is 10.4 Å². The monoisotopic (exact) mass is 270 g/mol. The van der Waals surface area contributed by atoms with E-state index in [2.05, 4.69) is 62.5 Å². The molecule has 0 amide bonds. The van der Waals surface area contributed by atoms with E-state index in [0.29, 0.717) is 5.75 Å². The number of quaternary nitrogens is 1. The molecule has 0 radical (unpaired) electrons. The van der Waals surface area contributed by atoms with E-state index < -0.39 is 0 Å². The number of nitrogens with two attached hydrogens (primary N) is 1. The Labute approximate surface area is 121 Å². The zero-order valence-electron chi connectivity index (χ0n) is 12.6. The van der Waals surface area contributed by atoms with Crippen molar-refractivity contribution in [2.24, 2.45) is 0 Å². The van der Waals surface area contributed by atoms with E-state index in [-0.39, 0.29) is 0 Å². The number of hydrogen-bond acceptors (Lipinski definition) is 1. The summed E-state index contributed by atoms with van der Waals surface area (Å²) in [7, 11) is 0. The Kier molecular flexibility index (Phi) is 4.80. The molecule has 0 aromatic heterocycles. The first-order chi connectivity index (χ1) is 9.63. The maximum atomic E-state index is 10.1. The van der Waals surface area contributed by atoms with Crippen molar-refractivity contribution in [1.29, 1.82) is 0 Å². The maximum absolute atomic E-state index is 10.1. The number of aryl methyl sites for hydroxylation is 3. The summed E-state index contributed by atoms with van der Waals surface area (Å²) in [6, 6.07) is 12.8. The molecule has 106 valence electrons. The molecule has 0 aliphatic carbocycles. The molecule has 0 aliphatic rings. The molecular weight excluding hydrogens is 246 g/mol. The Morgan fingerprint density at radius 3 is 2.00 bits per heavy atom. The molecule has 0 atom stereocenters. The van der Waals surface area contributed by atoms with Gasteiger partial charge in [0.1, 0.15) is 18.0 Å². The van der Waals surface area contributed by atoms with Gasteiger partial charge in [0.25, 0.3) is 0 Å². The molecular formula is C18H24NO+. The highest BCUT2D eigenvalue weighted by atomic mass is 16.3. The van der Waals surface area contributed by atoms with Crippen LogP contribution in [0.4, 0.5) is 5.69 Å². The number of phenols is 1. The van der Waals surface area contributed by atoms with Gasteiger partial charge in [-0.25, -0.2) is 0 Å². The molecule has 2 rings (SSSR count). The zero-order valence-corrected chi connectivity index (χ0v) is 12.6. The third-order valence-electron chi connectivity index (χ3n) is 3.75. The van der Waals surface area contributed by atoms with Gasteiger partial charge < -0.3 is 10.4 Å². The van der Waals surface area contributed by atoms with Crippen LogP contribution in [0.15, 0.2) is 36.4 Å². The van der Waals surface area contributed by atoms with E-state index in [1.54, 1.807) is 0 Å². The smallest absolute Gasteiger partial charge is 0.130 e. The van der Waals surface area contributed by atoms with Crippen molar-refractivity contribution in [3.63, 3.8) is 0 Å². The number of rotatable bonds is 5. The average molecular weight is 270 g/mol. The standard InChI is InChI=1S/C18H23NO/c1-4-15-10-17(11-16(5-2)18(15)20)19-12-14-8-6-13(3)7-9-14/h6-11,19-20H,4-5,12H2,1-3H3/p+1. The second-order valence-electron chi connectivity index (χ2n) is 5.29. The van der Waals surface area contributed by atoms with E-state index in [4.69, 9.17) is 0 Å². The minimum atomic E-state index is 0.475. The van der Waals surface area contributed by atoms with Gasteiger partial charge in [-0.05, 0) is 30.9 Å². The van der Waals surface area contributed by atoms with Crippen LogP contribution < -0.4 is 5.32 Å². The first-order valence-electron chi connectivity index (χ1n) is 7.37. The van der Waals surface area contributed by atoms with Crippen LogP contribution in [0.3, 0.4) is 0 Å². The fourth-order valence-electron chi connectivity index (χ4n) is 2.40. The summed E-state index contributed by atoms with van der Waals surface area (Å²) in [5.41, 5.74) is 5.90. The molecule has 0 fully saturated rings. The van der Waals surface area contributed by atoms with Gasteiger partial charge in [0.05, 0.1) is 0 Å². The van der Waals surface area contributed by atoms with Gasteiger partial charge in [-0.2, -0.15) is 0 Å². The molecule has 20 heavy (non-hydrogen) atoms. The van der Waals surface area contributed by atoms with Crippen LogP contribution in [0.1, 0.15) is 36.1 Å². The van der Waals surface area contributed by atoms with E-state index >= 15 is 0 Å². The molecule has 0 saturated heterocycles. The first kappa shape index (κ1) is 14.6. The third kappa shape index (κ3) is 3.40. The van der Waals surface area contributed by atoms with E-state index in [9.17, 15) is 5.11 Å². The zero-order chi connectivity index (χ0) is 14.5. The summed E-state index contributed by atoms with van der Waals surface area (Å²) in [4.78, 5) is 0. The van der Waals surface area contributed by atoms with Crippen LogP contribution in [-0.2, 0) is 19.4 Å². The molecule has 0 unspecified atom stereocenters. The molecule has 0 saturated carbocycles.